The first-order chi connectivity index (χ1) is 28.3. The monoisotopic (exact) mass is 745 g/mol. The molecule has 0 radical (unpaired) electrons. The van der Waals surface area contributed by atoms with E-state index in [1.807, 2.05) is 17.4 Å². The summed E-state index contributed by atoms with van der Waals surface area (Å²) in [5, 5.41) is 4.78. The summed E-state index contributed by atoms with van der Waals surface area (Å²) in [5.74, 6) is 0. The van der Waals surface area contributed by atoms with Crippen LogP contribution in [0.3, 0.4) is 0 Å². The van der Waals surface area contributed by atoms with Crippen molar-refractivity contribution < 1.29 is 4.42 Å². The molecule has 3 heteroatoms. The lowest BCUT2D eigenvalue weighted by Gasteiger charge is -2.30. The number of para-hydroxylation sites is 2. The molecular weight excluding hydrogens is 711 g/mol. The molecule has 0 aliphatic rings. The largest absolute Gasteiger partial charge is 0.456 e. The van der Waals surface area contributed by atoms with Gasteiger partial charge in [0.25, 0.3) is 0 Å². The summed E-state index contributed by atoms with van der Waals surface area (Å²) < 4.78 is 9.17. The molecule has 11 rings (SSSR count). The van der Waals surface area contributed by atoms with Crippen LogP contribution in [0.2, 0.25) is 0 Å². The molecule has 2 heterocycles. The summed E-state index contributed by atoms with van der Waals surface area (Å²) in [7, 11) is 0. The van der Waals surface area contributed by atoms with Crippen LogP contribution >= 0.6 is 11.3 Å². The third-order valence-corrected chi connectivity index (χ3v) is 12.3. The molecule has 57 heavy (non-hydrogen) atoms. The molecule has 2 aromatic heterocycles. The number of hydrogen-bond acceptors (Lipinski definition) is 3. The van der Waals surface area contributed by atoms with E-state index in [1.54, 1.807) is 0 Å². The molecular formula is C54H35NOS. The summed E-state index contributed by atoms with van der Waals surface area (Å²) in [6.45, 7) is 0. The fraction of sp³-hybridized carbons (Fsp3) is 0. The second-order valence-electron chi connectivity index (χ2n) is 14.4. The summed E-state index contributed by atoms with van der Waals surface area (Å²) in [4.78, 5) is 2.45. The number of hydrogen-bond donors (Lipinski definition) is 0. The maximum atomic E-state index is 6.56. The Bertz CT molecular complexity index is 3210. The Labute approximate surface area is 335 Å². The lowest BCUT2D eigenvalue weighted by atomic mass is 9.93. The first-order valence-corrected chi connectivity index (χ1v) is 20.1. The highest BCUT2D eigenvalue weighted by Crippen LogP contribution is 2.50. The molecule has 268 valence electrons. The fourth-order valence-corrected chi connectivity index (χ4v) is 9.48. The molecule has 0 saturated heterocycles. The molecule has 0 N–H and O–H groups in total. The van der Waals surface area contributed by atoms with E-state index >= 15 is 0 Å². The van der Waals surface area contributed by atoms with Gasteiger partial charge < -0.3 is 9.32 Å². The van der Waals surface area contributed by atoms with Gasteiger partial charge in [-0.1, -0.05) is 158 Å². The highest BCUT2D eigenvalue weighted by atomic mass is 32.1. The third-order valence-electron chi connectivity index (χ3n) is 11.1. The Balaban J connectivity index is 1.17. The minimum atomic E-state index is 0.865. The average molecular weight is 746 g/mol. The summed E-state index contributed by atoms with van der Waals surface area (Å²) in [5.41, 5.74) is 14.3. The van der Waals surface area contributed by atoms with Crippen LogP contribution in [0.4, 0.5) is 17.1 Å². The van der Waals surface area contributed by atoms with Gasteiger partial charge in [-0.05, 0) is 88.0 Å². The van der Waals surface area contributed by atoms with E-state index in [2.05, 4.69) is 211 Å². The molecule has 9 aromatic carbocycles. The zero-order chi connectivity index (χ0) is 37.7. The Hall–Kier alpha value is -7.20. The van der Waals surface area contributed by atoms with Gasteiger partial charge in [0.05, 0.1) is 11.4 Å². The van der Waals surface area contributed by atoms with Crippen LogP contribution in [-0.2, 0) is 0 Å². The van der Waals surface area contributed by atoms with Gasteiger partial charge in [0.15, 0.2) is 0 Å². The van der Waals surface area contributed by atoms with Gasteiger partial charge in [-0.25, -0.2) is 0 Å². The Kier molecular flexibility index (Phi) is 8.04. The molecule has 0 aliphatic carbocycles. The van der Waals surface area contributed by atoms with Crippen molar-refractivity contribution in [1.82, 2.24) is 0 Å². The predicted molar refractivity (Wildman–Crippen MR) is 243 cm³/mol. The average Bonchev–Trinajstić information content (AvgIpc) is 3.86. The zero-order valence-corrected chi connectivity index (χ0v) is 31.8. The highest BCUT2D eigenvalue weighted by molar-refractivity contribution is 7.25. The van der Waals surface area contributed by atoms with E-state index in [4.69, 9.17) is 4.42 Å². The van der Waals surface area contributed by atoms with Crippen molar-refractivity contribution in [3.8, 4) is 44.5 Å². The van der Waals surface area contributed by atoms with Gasteiger partial charge in [0.1, 0.15) is 11.2 Å². The van der Waals surface area contributed by atoms with Crippen LogP contribution in [0.1, 0.15) is 0 Å². The first-order valence-electron chi connectivity index (χ1n) is 19.3. The summed E-state index contributed by atoms with van der Waals surface area (Å²) in [6.07, 6.45) is 0. The molecule has 0 saturated carbocycles. The van der Waals surface area contributed by atoms with Crippen molar-refractivity contribution in [1.29, 1.82) is 0 Å². The molecule has 2 nitrogen and oxygen atoms in total. The van der Waals surface area contributed by atoms with Crippen LogP contribution in [0.25, 0.3) is 86.6 Å². The number of rotatable bonds is 7. The third kappa shape index (κ3) is 5.80. The van der Waals surface area contributed by atoms with Gasteiger partial charge in [-0.15, -0.1) is 11.3 Å². The minimum absolute atomic E-state index is 0.865. The van der Waals surface area contributed by atoms with Gasteiger partial charge in [0, 0.05) is 47.8 Å². The van der Waals surface area contributed by atoms with Gasteiger partial charge >= 0.3 is 0 Å². The van der Waals surface area contributed by atoms with Crippen LogP contribution in [0.5, 0.6) is 0 Å². The zero-order valence-electron chi connectivity index (χ0n) is 31.0. The quantitative estimate of drug-likeness (QED) is 0.162. The number of anilines is 3. The van der Waals surface area contributed by atoms with E-state index in [0.717, 1.165) is 55.7 Å². The Morgan fingerprint density at radius 2 is 0.912 bits per heavy atom. The normalized spacial score (nSPS) is 11.5. The highest BCUT2D eigenvalue weighted by Gasteiger charge is 2.25. The standard InChI is InChI=1S/C54H35NOS/c1-3-13-36(14-4-1)38-23-25-40(26-24-38)53-48(32-33-50-54(53)45-19-8-11-21-49(45)56-50)55(42-30-27-39(28-31-42)37-15-5-2-6-16-37)47-20-10-7-17-43(47)41-29-34-52-46(35-41)44-18-9-12-22-51(44)57-52/h1-35H. The molecule has 0 atom stereocenters. The van der Waals surface area contributed by atoms with Crippen molar-refractivity contribution in [2.24, 2.45) is 0 Å². The van der Waals surface area contributed by atoms with Crippen molar-refractivity contribution in [3.63, 3.8) is 0 Å². The fourth-order valence-electron chi connectivity index (χ4n) is 8.39. The predicted octanol–water partition coefficient (Wildman–Crippen LogP) is 16.1. The number of nitrogens with zero attached hydrogens (tertiary/aromatic N) is 1. The van der Waals surface area contributed by atoms with Crippen molar-refractivity contribution in [2.45, 2.75) is 0 Å². The van der Waals surface area contributed by atoms with Crippen molar-refractivity contribution in [2.75, 3.05) is 4.90 Å². The molecule has 0 bridgehead atoms. The molecule has 0 aliphatic heterocycles. The van der Waals surface area contributed by atoms with Crippen LogP contribution in [0.15, 0.2) is 217 Å². The molecule has 0 fully saturated rings. The lowest BCUT2D eigenvalue weighted by Crippen LogP contribution is -2.12. The van der Waals surface area contributed by atoms with E-state index < -0.39 is 0 Å². The number of benzene rings is 9. The first kappa shape index (κ1) is 33.2. The maximum Gasteiger partial charge on any atom is 0.136 e. The van der Waals surface area contributed by atoms with E-state index in [-0.39, 0.29) is 0 Å². The lowest BCUT2D eigenvalue weighted by molar-refractivity contribution is 0.669. The topological polar surface area (TPSA) is 16.4 Å². The number of furan rings is 1. The van der Waals surface area contributed by atoms with E-state index in [1.165, 1.54) is 48.0 Å². The molecule has 0 spiro atoms. The van der Waals surface area contributed by atoms with Crippen LogP contribution in [0, 0.1) is 0 Å². The molecule has 0 unspecified atom stereocenters. The SMILES string of the molecule is c1ccc(-c2ccc(-c3c(N(c4ccc(-c5ccccc5)cc4)c4ccccc4-c4ccc5sc6ccccc6c5c4)ccc4oc5ccccc5c34)cc2)cc1. The van der Waals surface area contributed by atoms with Crippen LogP contribution in [-0.4, -0.2) is 0 Å². The van der Waals surface area contributed by atoms with Gasteiger partial charge in [0.2, 0.25) is 0 Å². The Morgan fingerprint density at radius 1 is 0.351 bits per heavy atom. The Morgan fingerprint density at radius 3 is 1.67 bits per heavy atom. The van der Waals surface area contributed by atoms with E-state index in [0.29, 0.717) is 0 Å². The minimum Gasteiger partial charge on any atom is -0.456 e. The second kappa shape index (κ2) is 13.8. The maximum absolute atomic E-state index is 6.56. The second-order valence-corrected chi connectivity index (χ2v) is 15.5. The number of thiophene rings is 1. The molecule has 11 aromatic rings. The van der Waals surface area contributed by atoms with E-state index in [9.17, 15) is 0 Å². The summed E-state index contributed by atoms with van der Waals surface area (Å²) in [6, 6.07) is 76.5. The smallest absolute Gasteiger partial charge is 0.136 e. The van der Waals surface area contributed by atoms with Gasteiger partial charge in [-0.2, -0.15) is 0 Å². The van der Waals surface area contributed by atoms with Crippen molar-refractivity contribution in [3.05, 3.63) is 212 Å². The van der Waals surface area contributed by atoms with Crippen LogP contribution < -0.4 is 4.90 Å². The number of fused-ring (bicyclic) bond motifs is 6. The van der Waals surface area contributed by atoms with Crippen molar-refractivity contribution >= 4 is 70.5 Å². The molecule has 0 amide bonds. The van der Waals surface area contributed by atoms with Gasteiger partial charge in [-0.3, -0.25) is 0 Å². The summed E-state index contributed by atoms with van der Waals surface area (Å²) >= 11 is 1.85.